The molecule has 5 heterocycles. The Morgan fingerprint density at radius 1 is 0.574 bits per heavy atom. The lowest BCUT2D eigenvalue weighted by molar-refractivity contribution is -0.135. The first-order valence-electron chi connectivity index (χ1n) is 41.7. The van der Waals surface area contributed by atoms with Crippen LogP contribution in [0.15, 0.2) is 198 Å². The van der Waals surface area contributed by atoms with Gasteiger partial charge < -0.3 is 69.6 Å². The van der Waals surface area contributed by atoms with Crippen LogP contribution in [0, 0.1) is 40.5 Å². The molecule has 11 rings (SSSR count). The van der Waals surface area contributed by atoms with Gasteiger partial charge in [-0.25, -0.2) is 38.4 Å². The fraction of sp³-hybridized carbons (Fsp3) is 0.365. The van der Waals surface area contributed by atoms with Gasteiger partial charge in [-0.2, -0.15) is 5.10 Å². The van der Waals surface area contributed by atoms with Crippen LogP contribution in [0.25, 0.3) is 22.2 Å². The Bertz CT molecular complexity index is 5480. The number of esters is 6. The molecule has 1 saturated heterocycles. The number of carbonyl (C=O) groups excluding carboxylic acids is 15. The van der Waals surface area contributed by atoms with Gasteiger partial charge in [-0.15, -0.1) is 6.58 Å². The van der Waals surface area contributed by atoms with E-state index in [-0.39, 0.29) is 117 Å². The Balaban J connectivity index is 0.000000239. The summed E-state index contributed by atoms with van der Waals surface area (Å²) in [6.07, 6.45) is 30.9. The molecule has 6 N–H and O–H groups in total. The van der Waals surface area contributed by atoms with Crippen LogP contribution in [-0.4, -0.2) is 211 Å². The number of rotatable bonds is 30. The summed E-state index contributed by atoms with van der Waals surface area (Å²) in [5.74, 6) is -4.24. The second kappa shape index (κ2) is 53.2. The molecule has 6 aromatic rings. The molecule has 1 fully saturated rings. The lowest BCUT2D eigenvalue weighted by Crippen LogP contribution is -2.33. The number of likely N-dealkylation sites (tertiary alicyclic amines) is 1. The number of fused-ring (bicyclic) bond motifs is 2. The number of imidazole rings is 1. The fourth-order valence-corrected chi connectivity index (χ4v) is 14.2. The molecule has 5 aliphatic rings. The quantitative estimate of drug-likeness (QED) is 0.00804. The number of para-hydroxylation sites is 1. The van der Waals surface area contributed by atoms with Gasteiger partial charge >= 0.3 is 35.8 Å². The Kier molecular flexibility index (Phi) is 42.6. The highest BCUT2D eigenvalue weighted by molar-refractivity contribution is 6.22. The van der Waals surface area contributed by atoms with E-state index in [4.69, 9.17) is 0 Å². The number of carbonyl (C=O) groups is 15. The molecule has 0 saturated carbocycles. The van der Waals surface area contributed by atoms with Crippen LogP contribution in [0.2, 0.25) is 0 Å². The highest BCUT2D eigenvalue weighted by atomic mass is 16.5. The Morgan fingerprint density at radius 3 is 1.69 bits per heavy atom. The maximum absolute atomic E-state index is 12.5. The molecule has 1 unspecified atom stereocenters. The van der Waals surface area contributed by atoms with Gasteiger partial charge in [0.05, 0.1) is 89.8 Å². The summed E-state index contributed by atoms with van der Waals surface area (Å²) in [5.41, 5.74) is 15.7. The number of aliphatic hydroxyl groups excluding tert-OH is 1. The standard InChI is InChI=1S/C18H21N3O3.C17H20N2O4.C17H20O4.C16H19NO4.C15H17N3O3.C13H18N2O4/c1-13-16(12-17(22)19-11-7-10-18(23)24-3)14(2)21(20-13)15-8-5-4-6-9-15;1-11-16(17(22)18-8-4-5-15(21)23-3)13-9-12(10-20)6-7-14(13)19(11)2;1-21-17(20)9-5-4-8-15(18)14-10-12-6-2-3-7-13(12)11-16(14)19;1-10-9-11-5-3-6-12(18)15(11)14(10)16(20)17-8-4-7-13(19)21-2;1-10-6-8-18-12(9-10)17-11(2)14(18)15(20)16-7-4-5-13(19)21-3;1-3-7-15-9-10(8-11(15)16)13(18)14-6-4-5-12(17)19-2/h4-10H,11-12H2,1-3H3,(H,19,22);4-7,9,20H,8,10H2,1-3H3,(H,18,22);5,9-10H,2-4,6-8,11H2,1H3;4,7H,3,5-6,8-9H2,1-2H3,(H,17,20);4-6,8-9H,7H2,1-3H3,(H,16,20);3-5,10H,1,6-9H2,2H3,(H,14,18)/b10-7+;5-4+;9-5+;7-4+;2*5-4+. The Labute approximate surface area is 749 Å². The number of nitrogens with one attached hydrogen (secondary N) is 5. The van der Waals surface area contributed by atoms with Gasteiger partial charge in [-0.1, -0.05) is 83.5 Å². The van der Waals surface area contributed by atoms with Crippen molar-refractivity contribution in [2.45, 2.75) is 132 Å². The summed E-state index contributed by atoms with van der Waals surface area (Å²) in [4.78, 5) is 180. The van der Waals surface area contributed by atoms with E-state index in [1.807, 2.05) is 118 Å². The van der Waals surface area contributed by atoms with E-state index in [9.17, 15) is 77.0 Å². The van der Waals surface area contributed by atoms with Gasteiger partial charge in [0.2, 0.25) is 17.7 Å². The number of methoxy groups -OCH3 is 6. The molecule has 686 valence electrons. The van der Waals surface area contributed by atoms with Crippen molar-refractivity contribution in [3.8, 4) is 5.69 Å². The first-order chi connectivity index (χ1) is 61.8. The van der Waals surface area contributed by atoms with Crippen molar-refractivity contribution in [1.82, 2.24) is 55.2 Å². The molecule has 33 heteroatoms. The number of hydrogen-bond donors (Lipinski definition) is 6. The van der Waals surface area contributed by atoms with Crippen LogP contribution in [0.5, 0.6) is 0 Å². The lowest BCUT2D eigenvalue weighted by atomic mass is 9.81. The number of ketones is 3. The average Bonchev–Trinajstić information content (AvgIpc) is 1.62. The predicted molar refractivity (Wildman–Crippen MR) is 481 cm³/mol. The zero-order chi connectivity index (χ0) is 94.8. The second-order valence-electron chi connectivity index (χ2n) is 29.8. The smallest absolute Gasteiger partial charge is 0.330 e. The minimum atomic E-state index is -0.470. The summed E-state index contributed by atoms with van der Waals surface area (Å²) in [7, 11) is 9.67. The van der Waals surface area contributed by atoms with Gasteiger partial charge in [-0.05, 0) is 152 Å². The molecule has 4 aromatic heterocycles. The number of allylic oxidation sites excluding steroid dienone is 7. The van der Waals surface area contributed by atoms with Crippen molar-refractivity contribution < 1.29 is 105 Å². The number of benzene rings is 2. The molecule has 0 spiro atoms. The van der Waals surface area contributed by atoms with E-state index in [0.717, 1.165) is 112 Å². The van der Waals surface area contributed by atoms with Gasteiger partial charge in [-0.3, -0.25) is 47.6 Å². The van der Waals surface area contributed by atoms with Crippen LogP contribution in [0.1, 0.15) is 144 Å². The van der Waals surface area contributed by atoms with Gasteiger partial charge in [0.25, 0.3) is 17.7 Å². The van der Waals surface area contributed by atoms with Gasteiger partial charge in [0.15, 0.2) is 17.3 Å². The second-order valence-corrected chi connectivity index (χ2v) is 29.8. The topological polar surface area (TPSA) is 435 Å². The monoisotopic (exact) mass is 1770 g/mol. The summed E-state index contributed by atoms with van der Waals surface area (Å²) < 4.78 is 32.3. The summed E-state index contributed by atoms with van der Waals surface area (Å²) in [6, 6.07) is 19.2. The number of Topliss-reactive ketones (excluding diaryl/α,β-unsaturated/α-hetero) is 3. The van der Waals surface area contributed by atoms with E-state index >= 15 is 0 Å². The van der Waals surface area contributed by atoms with E-state index in [1.165, 1.54) is 115 Å². The van der Waals surface area contributed by atoms with Crippen LogP contribution in [0.4, 0.5) is 0 Å². The van der Waals surface area contributed by atoms with Crippen molar-refractivity contribution in [2.24, 2.45) is 13.0 Å². The van der Waals surface area contributed by atoms with Crippen LogP contribution in [-0.2, 0) is 111 Å². The number of aryl methyl sites for hydroxylation is 4. The molecule has 0 radical (unpaired) electrons. The number of hydrogen-bond acceptors (Lipinski definition) is 24. The molecular weight excluding hydrogens is 1660 g/mol. The van der Waals surface area contributed by atoms with Crippen molar-refractivity contribution in [3.63, 3.8) is 0 Å². The van der Waals surface area contributed by atoms with E-state index in [0.29, 0.717) is 66.0 Å². The third-order valence-electron chi connectivity index (χ3n) is 20.9. The minimum Gasteiger partial charge on any atom is -0.466 e. The number of ether oxygens (including phenoxy) is 6. The number of aliphatic hydroxyl groups is 1. The number of pyridine rings is 1. The maximum atomic E-state index is 12.5. The van der Waals surface area contributed by atoms with Crippen molar-refractivity contribution in [1.29, 1.82) is 0 Å². The molecule has 6 amide bonds. The van der Waals surface area contributed by atoms with E-state index < -0.39 is 35.8 Å². The van der Waals surface area contributed by atoms with Crippen LogP contribution in [0.3, 0.4) is 0 Å². The van der Waals surface area contributed by atoms with E-state index in [2.05, 4.69) is 71.7 Å². The molecule has 129 heavy (non-hydrogen) atoms. The molecule has 1 aliphatic heterocycles. The zero-order valence-electron chi connectivity index (χ0n) is 75.3. The highest BCUT2D eigenvalue weighted by Gasteiger charge is 2.35. The normalized spacial score (nSPS) is 14.5. The average molecular weight is 1780 g/mol. The highest BCUT2D eigenvalue weighted by Crippen LogP contribution is 2.40. The minimum absolute atomic E-state index is 0.0369. The predicted octanol–water partition coefficient (Wildman–Crippen LogP) is 9.03. The third kappa shape index (κ3) is 31.6. The molecule has 1 atom stereocenters. The summed E-state index contributed by atoms with van der Waals surface area (Å²) >= 11 is 0. The SMILES string of the molecule is C=CCN1CC(C(=O)NC/C=C/C(=O)OC)CC1=O.COC(=O)/C=C/CCC(=O)C1=CC2=C(CCCC2)CC1=O.COC(=O)/C=C/CNC(=O)C1=C(C)CC2=C1C(=O)CCC2.COC(=O)/C=C/CNC(=O)Cc1c(C)nn(-c2ccccc2)c1C.COC(=O)/C=C/CNC(=O)c1c(C)n(C)c2ccc(CO)cc12.COC(=O)/C=C/CNC(=O)c1c(C)nc2cc(C)ccn12. The third-order valence-corrected chi connectivity index (χ3v) is 20.9. The first kappa shape index (κ1) is 103. The lowest BCUT2D eigenvalue weighted by Gasteiger charge is -2.22. The van der Waals surface area contributed by atoms with Gasteiger partial charge in [0.1, 0.15) is 11.3 Å². The number of aromatic nitrogens is 5. The van der Waals surface area contributed by atoms with Crippen molar-refractivity contribution in [2.75, 3.05) is 88.5 Å². The largest absolute Gasteiger partial charge is 0.466 e. The van der Waals surface area contributed by atoms with Gasteiger partial charge in [0, 0.05) is 160 Å². The van der Waals surface area contributed by atoms with Crippen LogP contribution < -0.4 is 26.6 Å². The Hall–Kier alpha value is -14.4. The van der Waals surface area contributed by atoms with Crippen molar-refractivity contribution >= 4 is 105 Å². The van der Waals surface area contributed by atoms with E-state index in [1.54, 1.807) is 40.5 Å². The van der Waals surface area contributed by atoms with Crippen molar-refractivity contribution in [3.05, 3.63) is 248 Å². The first-order valence-corrected chi connectivity index (χ1v) is 41.7. The summed E-state index contributed by atoms with van der Waals surface area (Å²) in [5, 5.41) is 28.2. The Morgan fingerprint density at radius 2 is 1.12 bits per heavy atom. The summed E-state index contributed by atoms with van der Waals surface area (Å²) in [6.45, 7) is 17.0. The molecular formula is C96H115N11O22. The molecule has 0 bridgehead atoms. The van der Waals surface area contributed by atoms with Crippen LogP contribution >= 0.6 is 0 Å². The zero-order valence-corrected chi connectivity index (χ0v) is 75.3. The number of nitrogens with zero attached hydrogens (tertiary/aromatic N) is 6. The fourth-order valence-electron chi connectivity index (χ4n) is 14.2. The number of amides is 6. The molecule has 2 aromatic carbocycles. The molecule has 4 aliphatic carbocycles. The molecule has 33 nitrogen and oxygen atoms in total. The maximum Gasteiger partial charge on any atom is 0.330 e.